The van der Waals surface area contributed by atoms with Gasteiger partial charge < -0.3 is 10.8 Å². The standard InChI is InChI=1S/C19H22N6O3S/c1-11-2-5-15(29(27,28)25-12-3-4-13(25)7-14(26)6-12)8-16(11)17-9-21-19-18(20)22-10-23-24(17)19/h2,5,8-10,12-14,26H,3-4,6-7H2,1H3,(H2,20,22,23). The van der Waals surface area contributed by atoms with Crippen LogP contribution in [0.25, 0.3) is 16.9 Å². The molecule has 0 radical (unpaired) electrons. The molecule has 0 amide bonds. The predicted octanol–water partition coefficient (Wildman–Crippen LogP) is 1.36. The first-order valence-corrected chi connectivity index (χ1v) is 11.1. The van der Waals surface area contributed by atoms with E-state index in [0.717, 1.165) is 24.0 Å². The van der Waals surface area contributed by atoms with Crippen molar-refractivity contribution in [3.05, 3.63) is 36.3 Å². The first-order chi connectivity index (χ1) is 13.9. The SMILES string of the molecule is Cc1ccc(S(=O)(=O)N2C3CCC2CC(O)C3)cc1-c1cnc2c(N)ncnn12. The molecule has 5 rings (SSSR count). The molecule has 2 aromatic heterocycles. The van der Waals surface area contributed by atoms with Gasteiger partial charge in [0.25, 0.3) is 0 Å². The lowest BCUT2D eigenvalue weighted by Gasteiger charge is -2.36. The summed E-state index contributed by atoms with van der Waals surface area (Å²) in [6.07, 6.45) is 5.14. The Hall–Kier alpha value is -2.56. The quantitative estimate of drug-likeness (QED) is 0.662. The molecule has 2 aliphatic heterocycles. The maximum absolute atomic E-state index is 13.5. The lowest BCUT2D eigenvalue weighted by molar-refractivity contribution is 0.0769. The van der Waals surface area contributed by atoms with Crippen molar-refractivity contribution in [1.29, 1.82) is 0 Å². The number of rotatable bonds is 3. The minimum absolute atomic E-state index is 0.137. The van der Waals surface area contributed by atoms with E-state index in [0.29, 0.717) is 24.2 Å². The van der Waals surface area contributed by atoms with Gasteiger partial charge in [0.05, 0.1) is 22.9 Å². The second-order valence-corrected chi connectivity index (χ2v) is 9.69. The largest absolute Gasteiger partial charge is 0.393 e. The number of piperidine rings is 1. The molecule has 29 heavy (non-hydrogen) atoms. The number of sulfonamides is 1. The van der Waals surface area contributed by atoms with E-state index in [2.05, 4.69) is 15.1 Å². The van der Waals surface area contributed by atoms with E-state index in [1.54, 1.807) is 33.2 Å². The Morgan fingerprint density at radius 1 is 1.17 bits per heavy atom. The van der Waals surface area contributed by atoms with Crippen molar-refractivity contribution in [2.45, 2.75) is 55.7 Å². The van der Waals surface area contributed by atoms with Gasteiger partial charge in [0.1, 0.15) is 6.33 Å². The Kier molecular flexibility index (Phi) is 4.12. The summed E-state index contributed by atoms with van der Waals surface area (Å²) in [5.41, 5.74) is 8.58. The number of fused-ring (bicyclic) bond motifs is 3. The lowest BCUT2D eigenvalue weighted by Crippen LogP contribution is -2.47. The van der Waals surface area contributed by atoms with Gasteiger partial charge in [0.15, 0.2) is 11.5 Å². The molecule has 0 saturated carbocycles. The third kappa shape index (κ3) is 2.82. The fourth-order valence-electron chi connectivity index (χ4n) is 4.68. The van der Waals surface area contributed by atoms with Crippen LogP contribution in [0.15, 0.2) is 35.6 Å². The average Bonchev–Trinajstić information content (AvgIpc) is 3.23. The number of aliphatic hydroxyl groups is 1. The van der Waals surface area contributed by atoms with Gasteiger partial charge in [-0.25, -0.2) is 22.9 Å². The van der Waals surface area contributed by atoms with Gasteiger partial charge in [-0.2, -0.15) is 9.40 Å². The zero-order chi connectivity index (χ0) is 20.3. The molecule has 1 aromatic carbocycles. The van der Waals surface area contributed by atoms with Crippen LogP contribution in [0.4, 0.5) is 5.82 Å². The van der Waals surface area contributed by atoms with Crippen LogP contribution in [0, 0.1) is 6.92 Å². The Balaban J connectivity index is 1.60. The molecule has 2 saturated heterocycles. The number of anilines is 1. The molecule has 2 unspecified atom stereocenters. The van der Waals surface area contributed by atoms with Gasteiger partial charge in [-0.05, 0) is 50.3 Å². The van der Waals surface area contributed by atoms with Crippen molar-refractivity contribution in [1.82, 2.24) is 23.9 Å². The molecule has 4 heterocycles. The molecule has 9 nitrogen and oxygen atoms in total. The molecular weight excluding hydrogens is 392 g/mol. The van der Waals surface area contributed by atoms with Crippen LogP contribution in [0.3, 0.4) is 0 Å². The number of aryl methyl sites for hydroxylation is 1. The average molecular weight is 414 g/mol. The summed E-state index contributed by atoms with van der Waals surface area (Å²) in [6.45, 7) is 1.91. The smallest absolute Gasteiger partial charge is 0.243 e. The van der Waals surface area contributed by atoms with Gasteiger partial charge in [-0.3, -0.25) is 0 Å². The zero-order valence-corrected chi connectivity index (χ0v) is 16.7. The van der Waals surface area contributed by atoms with E-state index >= 15 is 0 Å². The Labute approximate surface area is 168 Å². The van der Waals surface area contributed by atoms with E-state index in [1.165, 1.54) is 6.33 Å². The second kappa shape index (κ2) is 6.48. The molecule has 3 aromatic rings. The van der Waals surface area contributed by atoms with Crippen LogP contribution >= 0.6 is 0 Å². The van der Waals surface area contributed by atoms with Gasteiger partial charge >= 0.3 is 0 Å². The number of nitrogens with zero attached hydrogens (tertiary/aromatic N) is 5. The normalized spacial score (nSPS) is 25.0. The molecule has 2 fully saturated rings. The highest BCUT2D eigenvalue weighted by Crippen LogP contribution is 2.40. The van der Waals surface area contributed by atoms with E-state index in [9.17, 15) is 13.5 Å². The van der Waals surface area contributed by atoms with Crippen molar-refractivity contribution in [2.24, 2.45) is 0 Å². The fourth-order valence-corrected chi connectivity index (χ4v) is 6.59. The van der Waals surface area contributed by atoms with Crippen molar-refractivity contribution in [2.75, 3.05) is 5.73 Å². The third-order valence-electron chi connectivity index (χ3n) is 6.03. The summed E-state index contributed by atoms with van der Waals surface area (Å²) in [4.78, 5) is 8.47. The number of nitrogen functional groups attached to an aromatic ring is 1. The molecule has 2 aliphatic rings. The lowest BCUT2D eigenvalue weighted by atomic mass is 10.0. The number of nitrogens with two attached hydrogens (primary N) is 1. The van der Waals surface area contributed by atoms with E-state index in [4.69, 9.17) is 5.73 Å². The van der Waals surface area contributed by atoms with Crippen molar-refractivity contribution in [3.63, 3.8) is 0 Å². The summed E-state index contributed by atoms with van der Waals surface area (Å²) >= 11 is 0. The zero-order valence-electron chi connectivity index (χ0n) is 15.9. The van der Waals surface area contributed by atoms with E-state index < -0.39 is 16.1 Å². The molecular formula is C19H22N6O3S. The topological polar surface area (TPSA) is 127 Å². The number of aliphatic hydroxyl groups excluding tert-OH is 1. The van der Waals surface area contributed by atoms with Gasteiger partial charge in [0, 0.05) is 17.6 Å². The summed E-state index contributed by atoms with van der Waals surface area (Å²) in [5.74, 6) is 0.260. The Morgan fingerprint density at radius 2 is 1.90 bits per heavy atom. The van der Waals surface area contributed by atoms with Crippen LogP contribution in [0.5, 0.6) is 0 Å². The first-order valence-electron chi connectivity index (χ1n) is 9.63. The molecule has 2 atom stereocenters. The highest BCUT2D eigenvalue weighted by atomic mass is 32.2. The monoisotopic (exact) mass is 414 g/mol. The van der Waals surface area contributed by atoms with Crippen LogP contribution in [0.1, 0.15) is 31.2 Å². The summed E-state index contributed by atoms with van der Waals surface area (Å²) in [7, 11) is -3.68. The van der Waals surface area contributed by atoms with Crippen LogP contribution in [0.2, 0.25) is 0 Å². The maximum atomic E-state index is 13.5. The highest BCUT2D eigenvalue weighted by molar-refractivity contribution is 7.89. The minimum Gasteiger partial charge on any atom is -0.393 e. The van der Waals surface area contributed by atoms with Gasteiger partial charge in [0.2, 0.25) is 10.0 Å². The van der Waals surface area contributed by atoms with Crippen molar-refractivity contribution >= 4 is 21.5 Å². The Morgan fingerprint density at radius 3 is 2.62 bits per heavy atom. The van der Waals surface area contributed by atoms with Crippen LogP contribution < -0.4 is 5.73 Å². The number of benzene rings is 1. The second-order valence-electron chi connectivity index (χ2n) is 7.85. The molecule has 10 heteroatoms. The molecule has 152 valence electrons. The molecule has 0 spiro atoms. The number of aromatic nitrogens is 4. The van der Waals surface area contributed by atoms with Crippen molar-refractivity contribution < 1.29 is 13.5 Å². The van der Waals surface area contributed by atoms with Crippen LogP contribution in [-0.2, 0) is 10.0 Å². The number of hydrogen-bond donors (Lipinski definition) is 2. The first kappa shape index (κ1) is 18.5. The minimum atomic E-state index is -3.68. The number of hydrogen-bond acceptors (Lipinski definition) is 7. The predicted molar refractivity (Wildman–Crippen MR) is 106 cm³/mol. The van der Waals surface area contributed by atoms with Gasteiger partial charge in [-0.15, -0.1) is 0 Å². The van der Waals surface area contributed by atoms with Gasteiger partial charge in [-0.1, -0.05) is 6.07 Å². The number of imidazole rings is 1. The van der Waals surface area contributed by atoms with Crippen molar-refractivity contribution in [3.8, 4) is 11.3 Å². The summed E-state index contributed by atoms with van der Waals surface area (Å²) in [5, 5.41) is 14.2. The third-order valence-corrected chi connectivity index (χ3v) is 8.03. The molecule has 2 bridgehead atoms. The van der Waals surface area contributed by atoms with E-state index in [-0.39, 0.29) is 22.8 Å². The summed E-state index contributed by atoms with van der Waals surface area (Å²) < 4.78 is 30.1. The summed E-state index contributed by atoms with van der Waals surface area (Å²) in [6, 6.07) is 4.85. The fraction of sp³-hybridized carbons (Fsp3) is 0.421. The van der Waals surface area contributed by atoms with Crippen LogP contribution in [-0.4, -0.2) is 55.6 Å². The maximum Gasteiger partial charge on any atom is 0.243 e. The van der Waals surface area contributed by atoms with E-state index in [1.807, 2.05) is 6.92 Å². The Bertz CT molecular complexity index is 1190. The molecule has 0 aliphatic carbocycles. The molecule has 3 N–H and O–H groups in total. The highest BCUT2D eigenvalue weighted by Gasteiger charge is 2.46.